The molecule has 0 radical (unpaired) electrons. The average molecular weight is 365 g/mol. The van der Waals surface area contributed by atoms with Crippen LogP contribution in [0.3, 0.4) is 0 Å². The fourth-order valence-corrected chi connectivity index (χ4v) is 3.24. The molecule has 0 aromatic heterocycles. The molecule has 0 atom stereocenters. The summed E-state index contributed by atoms with van der Waals surface area (Å²) in [5.74, 6) is -0.0955. The Labute approximate surface area is 163 Å². The molecule has 0 saturated heterocycles. The molecule has 0 saturated carbocycles. The Morgan fingerprint density at radius 3 is 1.86 bits per heavy atom. The van der Waals surface area contributed by atoms with Crippen LogP contribution in [0.1, 0.15) is 27.6 Å². The van der Waals surface area contributed by atoms with E-state index in [4.69, 9.17) is 0 Å². The molecular formula is C25H19NO2. The predicted octanol–water partition coefficient (Wildman–Crippen LogP) is 5.96. The van der Waals surface area contributed by atoms with Crippen molar-refractivity contribution in [3.63, 3.8) is 0 Å². The van der Waals surface area contributed by atoms with Gasteiger partial charge in [-0.2, -0.15) is 0 Å². The van der Waals surface area contributed by atoms with Crippen LogP contribution in [-0.2, 0) is 0 Å². The molecule has 0 aliphatic carbocycles. The van der Waals surface area contributed by atoms with Gasteiger partial charge < -0.3 is 5.32 Å². The first-order valence-corrected chi connectivity index (χ1v) is 9.12. The van der Waals surface area contributed by atoms with Gasteiger partial charge in [-0.15, -0.1) is 0 Å². The van der Waals surface area contributed by atoms with Crippen molar-refractivity contribution in [2.75, 3.05) is 5.32 Å². The number of rotatable bonds is 4. The van der Waals surface area contributed by atoms with E-state index in [1.807, 2.05) is 91.0 Å². The highest BCUT2D eigenvalue weighted by Gasteiger charge is 2.09. The van der Waals surface area contributed by atoms with E-state index in [0.717, 1.165) is 27.6 Å². The number of nitrogens with one attached hydrogen (secondary N) is 1. The van der Waals surface area contributed by atoms with Crippen molar-refractivity contribution in [1.29, 1.82) is 0 Å². The monoisotopic (exact) mass is 365 g/mol. The lowest BCUT2D eigenvalue weighted by Crippen LogP contribution is -2.11. The minimum absolute atomic E-state index is 0.0482. The molecule has 0 unspecified atom stereocenters. The number of carbonyl (C=O) groups is 2. The van der Waals surface area contributed by atoms with Gasteiger partial charge in [-0.25, -0.2) is 0 Å². The van der Waals surface area contributed by atoms with Crippen molar-refractivity contribution in [1.82, 2.24) is 0 Å². The maximum absolute atomic E-state index is 12.7. The maximum Gasteiger partial charge on any atom is 0.255 e. The van der Waals surface area contributed by atoms with E-state index in [1.54, 1.807) is 6.92 Å². The number of fused-ring (bicyclic) bond motifs is 1. The predicted molar refractivity (Wildman–Crippen MR) is 114 cm³/mol. The summed E-state index contributed by atoms with van der Waals surface area (Å²) in [5, 5.41) is 5.11. The lowest BCUT2D eigenvalue weighted by molar-refractivity contribution is 0.101. The number of carbonyl (C=O) groups excluding carboxylic acids is 2. The lowest BCUT2D eigenvalue weighted by Gasteiger charge is -2.09. The van der Waals surface area contributed by atoms with Crippen molar-refractivity contribution >= 4 is 28.2 Å². The fraction of sp³-hybridized carbons (Fsp3) is 0.0400. The van der Waals surface area contributed by atoms with Gasteiger partial charge in [0.05, 0.1) is 0 Å². The Morgan fingerprint density at radius 1 is 0.643 bits per heavy atom. The first-order valence-electron chi connectivity index (χ1n) is 9.12. The highest BCUT2D eigenvalue weighted by Crippen LogP contribution is 2.24. The van der Waals surface area contributed by atoms with Crippen molar-refractivity contribution in [2.24, 2.45) is 0 Å². The van der Waals surface area contributed by atoms with Gasteiger partial charge in [-0.1, -0.05) is 72.8 Å². The molecule has 1 amide bonds. The summed E-state index contributed by atoms with van der Waals surface area (Å²) in [6, 6.07) is 28.8. The second-order valence-corrected chi connectivity index (χ2v) is 6.69. The summed E-state index contributed by atoms with van der Waals surface area (Å²) < 4.78 is 0. The van der Waals surface area contributed by atoms with Crippen LogP contribution in [0.2, 0.25) is 0 Å². The Morgan fingerprint density at radius 2 is 1.21 bits per heavy atom. The molecule has 0 spiro atoms. The summed E-state index contributed by atoms with van der Waals surface area (Å²) in [6.07, 6.45) is 0. The molecule has 3 nitrogen and oxygen atoms in total. The van der Waals surface area contributed by atoms with Crippen molar-refractivity contribution in [3.05, 3.63) is 102 Å². The number of ketones is 1. The standard InChI is InChI=1S/C25H19NO2/c1-17(27)18-9-11-19(12-10-18)20-13-15-22(16-14-20)25(28)26-24-8-4-6-21-5-2-3-7-23(21)24/h2-16H,1H3,(H,26,28). The van der Waals surface area contributed by atoms with E-state index >= 15 is 0 Å². The first-order chi connectivity index (χ1) is 13.6. The quantitative estimate of drug-likeness (QED) is 0.453. The Kier molecular flexibility index (Phi) is 4.73. The van der Waals surface area contributed by atoms with E-state index in [9.17, 15) is 9.59 Å². The summed E-state index contributed by atoms with van der Waals surface area (Å²) >= 11 is 0. The summed E-state index contributed by atoms with van der Waals surface area (Å²) in [5.41, 5.74) is 4.08. The lowest BCUT2D eigenvalue weighted by atomic mass is 10.0. The van der Waals surface area contributed by atoms with E-state index in [2.05, 4.69) is 5.32 Å². The molecule has 3 heteroatoms. The van der Waals surface area contributed by atoms with E-state index in [1.165, 1.54) is 0 Å². The number of benzene rings is 4. The molecule has 1 N–H and O–H groups in total. The highest BCUT2D eigenvalue weighted by molar-refractivity contribution is 6.09. The van der Waals surface area contributed by atoms with Crippen LogP contribution < -0.4 is 5.32 Å². The smallest absolute Gasteiger partial charge is 0.255 e. The number of hydrogen-bond donors (Lipinski definition) is 1. The zero-order chi connectivity index (χ0) is 19.5. The van der Waals surface area contributed by atoms with Crippen molar-refractivity contribution < 1.29 is 9.59 Å². The van der Waals surface area contributed by atoms with Gasteiger partial charge in [0.15, 0.2) is 5.78 Å². The zero-order valence-corrected chi connectivity index (χ0v) is 15.5. The van der Waals surface area contributed by atoms with Crippen molar-refractivity contribution in [2.45, 2.75) is 6.92 Å². The van der Waals surface area contributed by atoms with Crippen LogP contribution in [0, 0.1) is 0 Å². The van der Waals surface area contributed by atoms with Gasteiger partial charge in [0.25, 0.3) is 5.91 Å². The minimum Gasteiger partial charge on any atom is -0.321 e. The SMILES string of the molecule is CC(=O)c1ccc(-c2ccc(C(=O)Nc3cccc4ccccc34)cc2)cc1. The molecule has 4 aromatic carbocycles. The highest BCUT2D eigenvalue weighted by atomic mass is 16.1. The molecule has 0 aliphatic rings. The van der Waals surface area contributed by atoms with Gasteiger partial charge in [0.2, 0.25) is 0 Å². The van der Waals surface area contributed by atoms with Gasteiger partial charge >= 0.3 is 0 Å². The van der Waals surface area contributed by atoms with E-state index in [-0.39, 0.29) is 11.7 Å². The summed E-state index contributed by atoms with van der Waals surface area (Å²) in [6.45, 7) is 1.55. The topological polar surface area (TPSA) is 46.2 Å². The molecule has 136 valence electrons. The number of amides is 1. The Balaban J connectivity index is 1.55. The fourth-order valence-electron chi connectivity index (χ4n) is 3.24. The first kappa shape index (κ1) is 17.7. The Hall–Kier alpha value is -3.72. The second kappa shape index (κ2) is 7.49. The van der Waals surface area contributed by atoms with Gasteiger partial charge in [0, 0.05) is 22.2 Å². The van der Waals surface area contributed by atoms with Crippen molar-refractivity contribution in [3.8, 4) is 11.1 Å². The van der Waals surface area contributed by atoms with Crippen LogP contribution in [0.4, 0.5) is 5.69 Å². The zero-order valence-electron chi connectivity index (χ0n) is 15.5. The van der Waals surface area contributed by atoms with Crippen LogP contribution in [-0.4, -0.2) is 11.7 Å². The van der Waals surface area contributed by atoms with Crippen LogP contribution >= 0.6 is 0 Å². The van der Waals surface area contributed by atoms with Crippen LogP contribution in [0.5, 0.6) is 0 Å². The van der Waals surface area contributed by atoms with Crippen LogP contribution in [0.15, 0.2) is 91.0 Å². The van der Waals surface area contributed by atoms with Gasteiger partial charge in [-0.3, -0.25) is 9.59 Å². The van der Waals surface area contributed by atoms with E-state index in [0.29, 0.717) is 11.1 Å². The number of Topliss-reactive ketones (excluding diaryl/α,β-unsaturated/α-hetero) is 1. The maximum atomic E-state index is 12.7. The summed E-state index contributed by atoms with van der Waals surface area (Å²) in [7, 11) is 0. The van der Waals surface area contributed by atoms with E-state index < -0.39 is 0 Å². The molecule has 4 rings (SSSR count). The van der Waals surface area contributed by atoms with Crippen LogP contribution in [0.25, 0.3) is 21.9 Å². The molecule has 4 aromatic rings. The molecule has 0 heterocycles. The largest absolute Gasteiger partial charge is 0.321 e. The third-order valence-corrected chi connectivity index (χ3v) is 4.81. The third-order valence-electron chi connectivity index (χ3n) is 4.81. The number of anilines is 1. The normalized spacial score (nSPS) is 10.6. The average Bonchev–Trinajstić information content (AvgIpc) is 2.74. The second-order valence-electron chi connectivity index (χ2n) is 6.69. The minimum atomic E-state index is -0.144. The molecule has 0 bridgehead atoms. The Bertz CT molecular complexity index is 1150. The molecule has 0 aliphatic heterocycles. The van der Waals surface area contributed by atoms with Gasteiger partial charge in [0.1, 0.15) is 0 Å². The molecule has 0 fully saturated rings. The molecular weight excluding hydrogens is 346 g/mol. The van der Waals surface area contributed by atoms with Gasteiger partial charge in [-0.05, 0) is 41.6 Å². The molecule has 28 heavy (non-hydrogen) atoms. The third kappa shape index (κ3) is 3.55. The summed E-state index contributed by atoms with van der Waals surface area (Å²) in [4.78, 5) is 24.1. The number of hydrogen-bond acceptors (Lipinski definition) is 2.